The Bertz CT molecular complexity index is 2000. The number of hydrogen-bond donors (Lipinski definition) is 1. The molecule has 6 aromatic rings. The Morgan fingerprint density at radius 1 is 0.956 bits per heavy atom. The van der Waals surface area contributed by atoms with Gasteiger partial charge in [-0.25, -0.2) is 14.1 Å². The molecule has 2 aromatic heterocycles. The average Bonchev–Trinajstić information content (AvgIpc) is 3.82. The molecule has 2 amide bonds. The van der Waals surface area contributed by atoms with Crippen molar-refractivity contribution in [3.05, 3.63) is 119 Å². The zero-order valence-electron chi connectivity index (χ0n) is 23.7. The molecule has 10 nitrogen and oxygen atoms in total. The number of anilines is 1. The van der Waals surface area contributed by atoms with Crippen molar-refractivity contribution in [1.29, 1.82) is 0 Å². The van der Waals surface area contributed by atoms with Crippen LogP contribution in [0.5, 0.6) is 11.5 Å². The van der Waals surface area contributed by atoms with Crippen LogP contribution >= 0.6 is 11.3 Å². The molecule has 1 N–H and O–H groups in total. The molecule has 224 valence electrons. The van der Waals surface area contributed by atoms with Crippen molar-refractivity contribution in [2.75, 3.05) is 12.1 Å². The highest BCUT2D eigenvalue weighted by Gasteiger charge is 2.33. The van der Waals surface area contributed by atoms with Crippen molar-refractivity contribution in [2.24, 2.45) is 0 Å². The number of amides is 2. The number of rotatable bonds is 9. The largest absolute Gasteiger partial charge is 0.454 e. The van der Waals surface area contributed by atoms with Gasteiger partial charge in [-0.2, -0.15) is 0 Å². The monoisotopic (exact) mass is 620 g/mol. The number of hydrogen-bond acceptors (Lipinski definition) is 8. The first-order valence-electron chi connectivity index (χ1n) is 14.1. The van der Waals surface area contributed by atoms with Gasteiger partial charge in [0.1, 0.15) is 28.9 Å². The van der Waals surface area contributed by atoms with Crippen LogP contribution in [0.1, 0.15) is 16.6 Å². The summed E-state index contributed by atoms with van der Waals surface area (Å²) in [6.45, 7) is -0.0883. The highest BCUT2D eigenvalue weighted by molar-refractivity contribution is 7.09. The van der Waals surface area contributed by atoms with Crippen molar-refractivity contribution in [3.8, 4) is 22.8 Å². The van der Waals surface area contributed by atoms with Crippen LogP contribution in [-0.2, 0) is 22.7 Å². The quantitative estimate of drug-likeness (QED) is 0.217. The lowest BCUT2D eigenvalue weighted by molar-refractivity contribution is -0.140. The van der Waals surface area contributed by atoms with Crippen LogP contribution in [0, 0.1) is 5.82 Å². The summed E-state index contributed by atoms with van der Waals surface area (Å²) in [4.78, 5) is 34.6. The van der Waals surface area contributed by atoms with Gasteiger partial charge in [-0.3, -0.25) is 9.59 Å². The van der Waals surface area contributed by atoms with Crippen LogP contribution in [0.3, 0.4) is 0 Å². The van der Waals surface area contributed by atoms with Gasteiger partial charge >= 0.3 is 0 Å². The van der Waals surface area contributed by atoms with Crippen molar-refractivity contribution in [2.45, 2.75) is 19.1 Å². The normalized spacial score (nSPS) is 12.6. The third-order valence-corrected chi connectivity index (χ3v) is 8.17. The van der Waals surface area contributed by atoms with Crippen LogP contribution in [-0.4, -0.2) is 43.5 Å². The van der Waals surface area contributed by atoms with Gasteiger partial charge in [-0.05, 0) is 42.0 Å². The molecule has 12 heteroatoms. The van der Waals surface area contributed by atoms with E-state index in [9.17, 15) is 14.0 Å². The molecule has 45 heavy (non-hydrogen) atoms. The van der Waals surface area contributed by atoms with Gasteiger partial charge in [0.25, 0.3) is 5.91 Å². The number of nitrogens with zero attached hydrogens (tertiary/aromatic N) is 5. The molecule has 1 aliphatic heterocycles. The van der Waals surface area contributed by atoms with Crippen LogP contribution in [0.25, 0.3) is 22.3 Å². The van der Waals surface area contributed by atoms with E-state index in [0.717, 1.165) is 11.3 Å². The summed E-state index contributed by atoms with van der Waals surface area (Å²) >= 11 is 1.38. The predicted octanol–water partition coefficient (Wildman–Crippen LogP) is 5.83. The highest BCUT2D eigenvalue weighted by Crippen LogP contribution is 2.35. The molecular formula is C33H25FN6O4S. The first-order chi connectivity index (χ1) is 22.0. The van der Waals surface area contributed by atoms with Crippen molar-refractivity contribution < 1.29 is 23.5 Å². The number of carbonyl (C=O) groups is 2. The number of ether oxygens (including phenoxy) is 2. The van der Waals surface area contributed by atoms with Gasteiger partial charge in [-0.15, -0.1) is 16.4 Å². The maximum Gasteiger partial charge on any atom is 0.251 e. The molecule has 7 rings (SSSR count). The number of para-hydroxylation sites is 1. The summed E-state index contributed by atoms with van der Waals surface area (Å²) in [6.07, 6.45) is 0. The zero-order valence-corrected chi connectivity index (χ0v) is 24.5. The lowest BCUT2D eigenvalue weighted by Gasteiger charge is -2.31. The van der Waals surface area contributed by atoms with Gasteiger partial charge in [0, 0.05) is 22.7 Å². The summed E-state index contributed by atoms with van der Waals surface area (Å²) in [6, 6.07) is 26.4. The molecule has 3 heterocycles. The average molecular weight is 621 g/mol. The summed E-state index contributed by atoms with van der Waals surface area (Å²) < 4.78 is 26.4. The van der Waals surface area contributed by atoms with E-state index in [2.05, 4.69) is 15.6 Å². The van der Waals surface area contributed by atoms with Crippen LogP contribution in [0.4, 0.5) is 10.1 Å². The molecule has 0 unspecified atom stereocenters. The Balaban J connectivity index is 1.26. The van der Waals surface area contributed by atoms with E-state index >= 15 is 0 Å². The van der Waals surface area contributed by atoms with E-state index in [1.165, 1.54) is 45.2 Å². The lowest BCUT2D eigenvalue weighted by Crippen LogP contribution is -2.42. The molecule has 0 bridgehead atoms. The molecule has 0 saturated carbocycles. The fourth-order valence-corrected chi connectivity index (χ4v) is 5.95. The number of benzene rings is 4. The standard InChI is InChI=1S/C33H25FN6O4S/c34-23-12-10-22(11-13-23)32(33(42)35-24-14-15-28-29(16-24)44-20-43-28)39(17-30-36-26(19-45-30)21-6-2-1-3-7-21)31(41)18-40-27-9-5-4-8-25(27)37-38-40/h1-16,19,32H,17-18,20H2,(H,35,42)/t32-/m0/s1. The van der Waals surface area contributed by atoms with Crippen LogP contribution < -0.4 is 14.8 Å². The topological polar surface area (TPSA) is 111 Å². The maximum absolute atomic E-state index is 14.3. The Morgan fingerprint density at radius 2 is 1.73 bits per heavy atom. The summed E-state index contributed by atoms with van der Waals surface area (Å²) in [5.41, 5.74) is 3.88. The first kappa shape index (κ1) is 28.2. The number of carbonyl (C=O) groups excluding carboxylic acids is 2. The Morgan fingerprint density at radius 3 is 2.58 bits per heavy atom. The minimum absolute atomic E-state index is 0.0135. The molecule has 4 aromatic carbocycles. The number of fused-ring (bicyclic) bond motifs is 2. The van der Waals surface area contributed by atoms with E-state index < -0.39 is 23.7 Å². The summed E-state index contributed by atoms with van der Waals surface area (Å²) in [5.74, 6) is -0.311. The molecule has 0 spiro atoms. The minimum Gasteiger partial charge on any atom is -0.454 e. The van der Waals surface area contributed by atoms with Crippen LogP contribution in [0.2, 0.25) is 0 Å². The van der Waals surface area contributed by atoms with Gasteiger partial charge in [-0.1, -0.05) is 59.8 Å². The number of halogens is 1. The number of thiazole rings is 1. The smallest absolute Gasteiger partial charge is 0.251 e. The second-order valence-electron chi connectivity index (χ2n) is 10.3. The molecule has 0 aliphatic carbocycles. The van der Waals surface area contributed by atoms with Crippen molar-refractivity contribution in [3.63, 3.8) is 0 Å². The molecule has 0 radical (unpaired) electrons. The second kappa shape index (κ2) is 12.2. The lowest BCUT2D eigenvalue weighted by atomic mass is 10.0. The molecule has 1 aliphatic rings. The van der Waals surface area contributed by atoms with E-state index in [4.69, 9.17) is 14.5 Å². The third-order valence-electron chi connectivity index (χ3n) is 7.34. The Labute approximate surface area is 260 Å². The molecule has 0 saturated heterocycles. The highest BCUT2D eigenvalue weighted by atomic mass is 32.1. The van der Waals surface area contributed by atoms with E-state index in [-0.39, 0.29) is 19.9 Å². The Hall–Kier alpha value is -5.62. The van der Waals surface area contributed by atoms with Gasteiger partial charge in [0.05, 0.1) is 17.8 Å². The van der Waals surface area contributed by atoms with Crippen LogP contribution in [0.15, 0.2) is 102 Å². The van der Waals surface area contributed by atoms with Crippen molar-refractivity contribution >= 4 is 39.9 Å². The second-order valence-corrected chi connectivity index (χ2v) is 11.2. The number of nitrogens with one attached hydrogen (secondary N) is 1. The van der Waals surface area contributed by atoms with Gasteiger partial charge in [0.2, 0.25) is 12.7 Å². The number of aromatic nitrogens is 4. The molecule has 1 atom stereocenters. The minimum atomic E-state index is -1.15. The van der Waals surface area contributed by atoms with E-state index in [1.54, 1.807) is 18.2 Å². The van der Waals surface area contributed by atoms with Gasteiger partial charge < -0.3 is 19.7 Å². The predicted molar refractivity (Wildman–Crippen MR) is 166 cm³/mol. The first-order valence-corrected chi connectivity index (χ1v) is 14.9. The van der Waals surface area contributed by atoms with E-state index in [0.29, 0.717) is 38.8 Å². The zero-order chi connectivity index (χ0) is 30.8. The fourth-order valence-electron chi connectivity index (χ4n) is 5.15. The van der Waals surface area contributed by atoms with E-state index in [1.807, 2.05) is 60.0 Å². The molecule has 0 fully saturated rings. The van der Waals surface area contributed by atoms with Gasteiger partial charge in [0.15, 0.2) is 11.5 Å². The maximum atomic E-state index is 14.3. The Kier molecular flexibility index (Phi) is 7.62. The SMILES string of the molecule is O=C(Nc1ccc2c(c1)OCO2)[C@H](c1ccc(F)cc1)N(Cc1nc(-c2ccccc2)cs1)C(=O)Cn1nnc2ccccc21. The third kappa shape index (κ3) is 5.95. The fraction of sp³-hybridized carbons (Fsp3) is 0.121. The van der Waals surface area contributed by atoms with Crippen molar-refractivity contribution in [1.82, 2.24) is 24.9 Å². The summed E-state index contributed by atoms with van der Waals surface area (Å²) in [7, 11) is 0. The summed E-state index contributed by atoms with van der Waals surface area (Å²) in [5, 5.41) is 13.8. The molecular weight excluding hydrogens is 595 g/mol.